The number of anilines is 2. The Labute approximate surface area is 126 Å². The van der Waals surface area contributed by atoms with Crippen LogP contribution in [0.1, 0.15) is 28.4 Å². The monoisotopic (exact) mass is 304 g/mol. The summed E-state index contributed by atoms with van der Waals surface area (Å²) in [6.07, 6.45) is 0.802. The van der Waals surface area contributed by atoms with Crippen molar-refractivity contribution in [3.05, 3.63) is 46.3 Å². The number of aryl methyl sites for hydroxylation is 2. The third kappa shape index (κ3) is 3.41. The van der Waals surface area contributed by atoms with Gasteiger partial charge in [-0.1, -0.05) is 25.1 Å². The van der Waals surface area contributed by atoms with Gasteiger partial charge in [0.25, 0.3) is 0 Å². The predicted octanol–water partition coefficient (Wildman–Crippen LogP) is 3.96. The van der Waals surface area contributed by atoms with Crippen molar-refractivity contribution < 1.29 is 14.7 Å². The summed E-state index contributed by atoms with van der Waals surface area (Å²) in [5.41, 5.74) is 2.87. The molecule has 0 fully saturated rings. The zero-order valence-electron chi connectivity index (χ0n) is 11.8. The van der Waals surface area contributed by atoms with Gasteiger partial charge in [-0.15, -0.1) is 11.3 Å². The molecule has 2 amide bonds. The van der Waals surface area contributed by atoms with Gasteiger partial charge in [0.15, 0.2) is 0 Å². The van der Waals surface area contributed by atoms with Crippen LogP contribution in [0.5, 0.6) is 0 Å². The lowest BCUT2D eigenvalue weighted by Crippen LogP contribution is -2.21. The molecule has 0 unspecified atom stereocenters. The number of carboxylic acid groups (broad SMARTS) is 1. The van der Waals surface area contributed by atoms with Crippen molar-refractivity contribution in [3.63, 3.8) is 0 Å². The number of carbonyl (C=O) groups is 2. The SMILES string of the molecule is CCc1cccc(C)c1NC(=O)Nc1sccc1C(=O)O. The van der Waals surface area contributed by atoms with Crippen molar-refractivity contribution in [2.45, 2.75) is 20.3 Å². The maximum atomic E-state index is 12.1. The number of benzene rings is 1. The second-order valence-corrected chi connectivity index (χ2v) is 5.43. The molecular formula is C15H16N2O3S. The fourth-order valence-electron chi connectivity index (χ4n) is 2.02. The Balaban J connectivity index is 2.16. The van der Waals surface area contributed by atoms with Crippen LogP contribution in [0.4, 0.5) is 15.5 Å². The Morgan fingerprint density at radius 1 is 1.24 bits per heavy atom. The van der Waals surface area contributed by atoms with Gasteiger partial charge in [-0.25, -0.2) is 9.59 Å². The van der Waals surface area contributed by atoms with E-state index in [1.165, 1.54) is 17.4 Å². The average molecular weight is 304 g/mol. The molecule has 3 N–H and O–H groups in total. The zero-order valence-corrected chi connectivity index (χ0v) is 12.6. The first-order valence-corrected chi connectivity index (χ1v) is 7.38. The number of hydrogen-bond donors (Lipinski definition) is 3. The van der Waals surface area contributed by atoms with E-state index in [9.17, 15) is 9.59 Å². The van der Waals surface area contributed by atoms with Gasteiger partial charge < -0.3 is 10.4 Å². The van der Waals surface area contributed by atoms with E-state index in [0.717, 1.165) is 23.2 Å². The minimum atomic E-state index is -1.06. The molecule has 1 heterocycles. The van der Waals surface area contributed by atoms with E-state index in [-0.39, 0.29) is 5.56 Å². The highest BCUT2D eigenvalue weighted by atomic mass is 32.1. The minimum Gasteiger partial charge on any atom is -0.478 e. The summed E-state index contributed by atoms with van der Waals surface area (Å²) in [5, 5.41) is 16.4. The Kier molecular flexibility index (Phi) is 4.59. The van der Waals surface area contributed by atoms with Crippen molar-refractivity contribution >= 4 is 34.0 Å². The Morgan fingerprint density at radius 3 is 2.67 bits per heavy atom. The highest BCUT2D eigenvalue weighted by Gasteiger charge is 2.15. The number of urea groups is 1. The van der Waals surface area contributed by atoms with Crippen LogP contribution >= 0.6 is 11.3 Å². The number of carbonyl (C=O) groups excluding carboxylic acids is 1. The number of rotatable bonds is 4. The molecule has 0 aliphatic heterocycles. The molecule has 1 aromatic carbocycles. The zero-order chi connectivity index (χ0) is 15.4. The van der Waals surface area contributed by atoms with Gasteiger partial charge in [0.2, 0.25) is 0 Å². The molecule has 0 radical (unpaired) electrons. The molecule has 0 spiro atoms. The van der Waals surface area contributed by atoms with Gasteiger partial charge in [0, 0.05) is 5.69 Å². The summed E-state index contributed by atoms with van der Waals surface area (Å²) in [6, 6.07) is 6.84. The first-order valence-electron chi connectivity index (χ1n) is 6.50. The number of nitrogens with one attached hydrogen (secondary N) is 2. The highest BCUT2D eigenvalue weighted by molar-refractivity contribution is 7.14. The molecule has 110 valence electrons. The Hall–Kier alpha value is -2.34. The van der Waals surface area contributed by atoms with Crippen molar-refractivity contribution in [2.24, 2.45) is 0 Å². The first kappa shape index (κ1) is 15.1. The minimum absolute atomic E-state index is 0.0932. The van der Waals surface area contributed by atoms with Crippen LogP contribution in [-0.4, -0.2) is 17.1 Å². The quantitative estimate of drug-likeness (QED) is 0.800. The molecule has 0 atom stereocenters. The van der Waals surface area contributed by atoms with Crippen molar-refractivity contribution in [2.75, 3.05) is 10.6 Å². The number of aromatic carboxylic acids is 1. The number of carboxylic acids is 1. The van der Waals surface area contributed by atoms with Crippen molar-refractivity contribution in [3.8, 4) is 0 Å². The maximum Gasteiger partial charge on any atom is 0.338 e. The Bertz CT molecular complexity index is 679. The van der Waals surface area contributed by atoms with Crippen molar-refractivity contribution in [1.29, 1.82) is 0 Å². The second kappa shape index (κ2) is 6.41. The summed E-state index contributed by atoms with van der Waals surface area (Å²) in [6.45, 7) is 3.93. The molecule has 6 heteroatoms. The summed E-state index contributed by atoms with van der Waals surface area (Å²) in [7, 11) is 0. The van der Waals surface area contributed by atoms with Crippen LogP contribution in [0, 0.1) is 6.92 Å². The lowest BCUT2D eigenvalue weighted by molar-refractivity contribution is 0.0698. The fraction of sp³-hybridized carbons (Fsp3) is 0.200. The summed E-state index contributed by atoms with van der Waals surface area (Å²) >= 11 is 1.18. The van der Waals surface area contributed by atoms with E-state index < -0.39 is 12.0 Å². The normalized spacial score (nSPS) is 10.2. The number of para-hydroxylation sites is 1. The predicted molar refractivity (Wildman–Crippen MR) is 84.5 cm³/mol. The van der Waals surface area contributed by atoms with Gasteiger partial charge in [-0.3, -0.25) is 5.32 Å². The van der Waals surface area contributed by atoms with Crippen LogP contribution < -0.4 is 10.6 Å². The number of hydrogen-bond acceptors (Lipinski definition) is 3. The molecule has 21 heavy (non-hydrogen) atoms. The first-order chi connectivity index (χ1) is 10.0. The van der Waals surface area contributed by atoms with E-state index in [2.05, 4.69) is 10.6 Å². The van der Waals surface area contributed by atoms with Gasteiger partial charge in [-0.2, -0.15) is 0 Å². The topological polar surface area (TPSA) is 78.4 Å². The number of thiophene rings is 1. The standard InChI is InChI=1S/C15H16N2O3S/c1-3-10-6-4-5-9(2)12(10)16-15(20)17-13-11(14(18)19)7-8-21-13/h4-8H,3H2,1-2H3,(H,18,19)(H2,16,17,20). The lowest BCUT2D eigenvalue weighted by atomic mass is 10.1. The Morgan fingerprint density at radius 2 is 2.00 bits per heavy atom. The summed E-state index contributed by atoms with van der Waals surface area (Å²) in [5.74, 6) is -1.06. The maximum absolute atomic E-state index is 12.1. The number of amides is 2. The van der Waals surface area contributed by atoms with Gasteiger partial charge in [0.1, 0.15) is 5.00 Å². The van der Waals surface area contributed by atoms with Crippen molar-refractivity contribution in [1.82, 2.24) is 0 Å². The van der Waals surface area contributed by atoms with Crippen LogP contribution in [0.25, 0.3) is 0 Å². The summed E-state index contributed by atoms with van der Waals surface area (Å²) < 4.78 is 0. The molecule has 0 saturated carbocycles. The molecule has 2 rings (SSSR count). The van der Waals surface area contributed by atoms with Crippen LogP contribution in [0.15, 0.2) is 29.6 Å². The highest BCUT2D eigenvalue weighted by Crippen LogP contribution is 2.25. The summed E-state index contributed by atoms with van der Waals surface area (Å²) in [4.78, 5) is 23.1. The van der Waals surface area contributed by atoms with Crippen LogP contribution in [0.3, 0.4) is 0 Å². The molecule has 5 nitrogen and oxygen atoms in total. The molecule has 2 aromatic rings. The smallest absolute Gasteiger partial charge is 0.338 e. The molecule has 0 bridgehead atoms. The molecule has 0 aliphatic rings. The second-order valence-electron chi connectivity index (χ2n) is 4.51. The van der Waals surface area contributed by atoms with Gasteiger partial charge in [-0.05, 0) is 35.9 Å². The third-order valence-electron chi connectivity index (χ3n) is 3.10. The largest absolute Gasteiger partial charge is 0.478 e. The van der Waals surface area contributed by atoms with Gasteiger partial charge >= 0.3 is 12.0 Å². The molecule has 0 saturated heterocycles. The van der Waals surface area contributed by atoms with Crippen LogP contribution in [-0.2, 0) is 6.42 Å². The third-order valence-corrected chi connectivity index (χ3v) is 3.93. The van der Waals surface area contributed by atoms with E-state index in [1.54, 1.807) is 5.38 Å². The molecular weight excluding hydrogens is 288 g/mol. The van der Waals surface area contributed by atoms with E-state index in [1.807, 2.05) is 32.0 Å². The van der Waals surface area contributed by atoms with E-state index in [4.69, 9.17) is 5.11 Å². The van der Waals surface area contributed by atoms with Crippen LogP contribution in [0.2, 0.25) is 0 Å². The molecule has 0 aliphatic carbocycles. The lowest BCUT2D eigenvalue weighted by Gasteiger charge is -2.13. The molecule has 1 aromatic heterocycles. The average Bonchev–Trinajstić information content (AvgIpc) is 2.89. The fourth-order valence-corrected chi connectivity index (χ4v) is 2.80. The van der Waals surface area contributed by atoms with Gasteiger partial charge in [0.05, 0.1) is 5.56 Å². The van der Waals surface area contributed by atoms with E-state index in [0.29, 0.717) is 5.00 Å². The van der Waals surface area contributed by atoms with E-state index >= 15 is 0 Å².